The van der Waals surface area contributed by atoms with Gasteiger partial charge in [0.25, 0.3) is 0 Å². The van der Waals surface area contributed by atoms with E-state index in [1.165, 1.54) is 33.4 Å². The highest BCUT2D eigenvalue weighted by molar-refractivity contribution is 5.83. The van der Waals surface area contributed by atoms with Crippen molar-refractivity contribution >= 4 is 12.2 Å². The van der Waals surface area contributed by atoms with Crippen LogP contribution in [0.2, 0.25) is 0 Å². The quantitative estimate of drug-likeness (QED) is 0.425. The van der Waals surface area contributed by atoms with E-state index >= 15 is 0 Å². The van der Waals surface area contributed by atoms with Crippen molar-refractivity contribution in [2.24, 2.45) is 0 Å². The summed E-state index contributed by atoms with van der Waals surface area (Å²) in [6, 6.07) is 25.8. The van der Waals surface area contributed by atoms with Crippen molar-refractivity contribution in [2.45, 2.75) is 6.42 Å². The van der Waals surface area contributed by atoms with E-state index in [1.54, 1.807) is 0 Å². The summed E-state index contributed by atoms with van der Waals surface area (Å²) in [5, 5.41) is 0. The molecule has 4 rings (SSSR count). The summed E-state index contributed by atoms with van der Waals surface area (Å²) in [5.41, 5.74) is 8.24. The van der Waals surface area contributed by atoms with Crippen molar-refractivity contribution in [3.63, 3.8) is 0 Å². The predicted molar refractivity (Wildman–Crippen MR) is 90.1 cm³/mol. The van der Waals surface area contributed by atoms with E-state index in [1.807, 2.05) is 6.07 Å². The second-order valence-corrected chi connectivity index (χ2v) is 5.45. The van der Waals surface area contributed by atoms with Crippen LogP contribution in [0.1, 0.15) is 22.3 Å². The van der Waals surface area contributed by atoms with Crippen LogP contribution in [0.5, 0.6) is 0 Å². The Morgan fingerprint density at radius 1 is 0.619 bits per heavy atom. The van der Waals surface area contributed by atoms with E-state index in [0.29, 0.717) is 0 Å². The van der Waals surface area contributed by atoms with Crippen LogP contribution < -0.4 is 0 Å². The van der Waals surface area contributed by atoms with Gasteiger partial charge in [-0.1, -0.05) is 84.9 Å². The zero-order valence-corrected chi connectivity index (χ0v) is 11.8. The lowest BCUT2D eigenvalue weighted by Crippen LogP contribution is -1.85. The maximum absolute atomic E-state index is 2.24. The lowest BCUT2D eigenvalue weighted by Gasteiger charge is -2.04. The molecule has 0 spiro atoms. The third kappa shape index (κ3) is 2.19. The van der Waals surface area contributed by atoms with E-state index < -0.39 is 0 Å². The van der Waals surface area contributed by atoms with Crippen LogP contribution in [0.15, 0.2) is 72.8 Å². The van der Waals surface area contributed by atoms with Crippen LogP contribution in [0.25, 0.3) is 23.3 Å². The third-order valence-electron chi connectivity index (χ3n) is 4.14. The molecule has 0 aromatic heterocycles. The lowest BCUT2D eigenvalue weighted by atomic mass is 10.0. The Hall–Kier alpha value is -2.60. The fourth-order valence-corrected chi connectivity index (χ4v) is 3.09. The molecule has 0 aliphatic heterocycles. The summed E-state index contributed by atoms with van der Waals surface area (Å²) in [4.78, 5) is 0. The van der Waals surface area contributed by atoms with Crippen molar-refractivity contribution in [1.82, 2.24) is 0 Å². The molecule has 1 aliphatic rings. The summed E-state index contributed by atoms with van der Waals surface area (Å²) in [6.07, 6.45) is 5.47. The van der Waals surface area contributed by atoms with Gasteiger partial charge in [0.15, 0.2) is 0 Å². The standard InChI is InChI=1S/C21H16/c1-2-7-16(8-3-1)13-14-17-10-6-12-20-19-11-5-4-9-18(19)15-21(17)20/h1-14H,15H2. The van der Waals surface area contributed by atoms with Gasteiger partial charge in [-0.2, -0.15) is 0 Å². The summed E-state index contributed by atoms with van der Waals surface area (Å²) in [5.74, 6) is 0. The van der Waals surface area contributed by atoms with E-state index in [0.717, 1.165) is 6.42 Å². The van der Waals surface area contributed by atoms with Gasteiger partial charge in [-0.15, -0.1) is 0 Å². The molecular formula is C21H16. The van der Waals surface area contributed by atoms with Crippen molar-refractivity contribution < 1.29 is 0 Å². The zero-order chi connectivity index (χ0) is 14.1. The molecule has 100 valence electrons. The molecule has 0 atom stereocenters. The minimum atomic E-state index is 1.04. The minimum Gasteiger partial charge on any atom is -0.0622 e. The first-order valence-electron chi connectivity index (χ1n) is 7.35. The van der Waals surface area contributed by atoms with Crippen LogP contribution >= 0.6 is 0 Å². The second kappa shape index (κ2) is 5.06. The zero-order valence-electron chi connectivity index (χ0n) is 11.8. The molecule has 0 nitrogen and oxygen atoms in total. The van der Waals surface area contributed by atoms with Gasteiger partial charge in [-0.3, -0.25) is 0 Å². The molecule has 3 aromatic rings. The Balaban J connectivity index is 1.75. The van der Waals surface area contributed by atoms with E-state index in [-0.39, 0.29) is 0 Å². The molecule has 0 saturated carbocycles. The highest BCUT2D eigenvalue weighted by Gasteiger charge is 2.19. The topological polar surface area (TPSA) is 0 Å². The van der Waals surface area contributed by atoms with Crippen LogP contribution in [0.3, 0.4) is 0 Å². The smallest absolute Gasteiger partial charge is 0.000751 e. The highest BCUT2D eigenvalue weighted by atomic mass is 14.2. The lowest BCUT2D eigenvalue weighted by molar-refractivity contribution is 1.25. The molecule has 0 unspecified atom stereocenters. The Morgan fingerprint density at radius 3 is 2.29 bits per heavy atom. The molecule has 0 heteroatoms. The Kier molecular flexibility index (Phi) is 2.93. The van der Waals surface area contributed by atoms with Gasteiger partial charge in [-0.25, -0.2) is 0 Å². The summed E-state index contributed by atoms with van der Waals surface area (Å²) in [6.45, 7) is 0. The first-order chi connectivity index (χ1) is 10.4. The number of hydrogen-bond acceptors (Lipinski definition) is 0. The van der Waals surface area contributed by atoms with Gasteiger partial charge < -0.3 is 0 Å². The van der Waals surface area contributed by atoms with Crippen LogP contribution in [-0.4, -0.2) is 0 Å². The van der Waals surface area contributed by atoms with Crippen LogP contribution in [-0.2, 0) is 6.42 Å². The highest BCUT2D eigenvalue weighted by Crippen LogP contribution is 2.38. The van der Waals surface area contributed by atoms with E-state index in [2.05, 4.69) is 78.9 Å². The van der Waals surface area contributed by atoms with Crippen LogP contribution in [0.4, 0.5) is 0 Å². The number of hydrogen-bond donors (Lipinski definition) is 0. The number of rotatable bonds is 2. The summed E-state index contributed by atoms with van der Waals surface area (Å²) >= 11 is 0. The Labute approximate surface area is 125 Å². The molecule has 0 N–H and O–H groups in total. The maximum atomic E-state index is 2.24. The van der Waals surface area contributed by atoms with Crippen molar-refractivity contribution in [1.29, 1.82) is 0 Å². The van der Waals surface area contributed by atoms with Crippen molar-refractivity contribution in [3.05, 3.63) is 95.1 Å². The van der Waals surface area contributed by atoms with E-state index in [9.17, 15) is 0 Å². The van der Waals surface area contributed by atoms with Gasteiger partial charge in [0.05, 0.1) is 0 Å². The average molecular weight is 268 g/mol. The molecular weight excluding hydrogens is 252 g/mol. The molecule has 21 heavy (non-hydrogen) atoms. The third-order valence-corrected chi connectivity index (χ3v) is 4.14. The normalized spacial score (nSPS) is 12.4. The van der Waals surface area contributed by atoms with E-state index in [4.69, 9.17) is 0 Å². The molecule has 0 bridgehead atoms. The summed E-state index contributed by atoms with van der Waals surface area (Å²) < 4.78 is 0. The van der Waals surface area contributed by atoms with Gasteiger partial charge in [0, 0.05) is 0 Å². The molecule has 0 fully saturated rings. The van der Waals surface area contributed by atoms with Crippen LogP contribution in [0, 0.1) is 0 Å². The second-order valence-electron chi connectivity index (χ2n) is 5.45. The van der Waals surface area contributed by atoms with Gasteiger partial charge in [0.1, 0.15) is 0 Å². The largest absolute Gasteiger partial charge is 0.0622 e. The Bertz CT molecular complexity index is 810. The SMILES string of the molecule is C(=Cc1cccc2c1Cc1ccccc1-2)c1ccccc1. The van der Waals surface area contributed by atoms with Crippen molar-refractivity contribution in [3.8, 4) is 11.1 Å². The number of benzene rings is 3. The first-order valence-corrected chi connectivity index (χ1v) is 7.35. The molecule has 0 amide bonds. The predicted octanol–water partition coefficient (Wildman–Crippen LogP) is 5.43. The molecule has 0 heterocycles. The monoisotopic (exact) mass is 268 g/mol. The van der Waals surface area contributed by atoms with Gasteiger partial charge >= 0.3 is 0 Å². The minimum absolute atomic E-state index is 1.04. The van der Waals surface area contributed by atoms with Crippen molar-refractivity contribution in [2.75, 3.05) is 0 Å². The first kappa shape index (κ1) is 12.2. The number of fused-ring (bicyclic) bond motifs is 3. The average Bonchev–Trinajstić information content (AvgIpc) is 2.93. The van der Waals surface area contributed by atoms with Gasteiger partial charge in [-0.05, 0) is 39.8 Å². The molecule has 0 radical (unpaired) electrons. The molecule has 3 aromatic carbocycles. The fraction of sp³-hybridized carbons (Fsp3) is 0.0476. The fourth-order valence-electron chi connectivity index (χ4n) is 3.09. The molecule has 1 aliphatic carbocycles. The maximum Gasteiger partial charge on any atom is -0.000751 e. The molecule has 0 saturated heterocycles. The summed E-state index contributed by atoms with van der Waals surface area (Å²) in [7, 11) is 0. The van der Waals surface area contributed by atoms with Gasteiger partial charge in [0.2, 0.25) is 0 Å². The Morgan fingerprint density at radius 2 is 1.38 bits per heavy atom.